The SMILES string of the molecule is O=C(NCCCc1nc(-c2ccncc2)cs1)C1CC1c1ccc(Br)cc1. The van der Waals surface area contributed by atoms with Crippen molar-refractivity contribution < 1.29 is 4.79 Å². The zero-order valence-corrected chi connectivity index (χ0v) is 17.2. The van der Waals surface area contributed by atoms with Crippen LogP contribution in [0.2, 0.25) is 0 Å². The smallest absolute Gasteiger partial charge is 0.223 e. The Morgan fingerprint density at radius 1 is 1.19 bits per heavy atom. The molecule has 4 nitrogen and oxygen atoms in total. The number of thiazole rings is 1. The molecule has 1 aliphatic carbocycles. The predicted octanol–water partition coefficient (Wildman–Crippen LogP) is 4.82. The summed E-state index contributed by atoms with van der Waals surface area (Å²) in [5.74, 6) is 0.684. The van der Waals surface area contributed by atoms with Gasteiger partial charge in [-0.05, 0) is 48.6 Å². The van der Waals surface area contributed by atoms with Crippen molar-refractivity contribution in [3.05, 3.63) is 69.2 Å². The molecule has 6 heteroatoms. The molecule has 2 atom stereocenters. The van der Waals surface area contributed by atoms with Crippen molar-refractivity contribution in [3.63, 3.8) is 0 Å². The molecule has 0 aliphatic heterocycles. The fourth-order valence-electron chi connectivity index (χ4n) is 3.23. The number of rotatable bonds is 7. The normalized spacial score (nSPS) is 18.3. The number of pyridine rings is 1. The Morgan fingerprint density at radius 3 is 2.74 bits per heavy atom. The van der Waals surface area contributed by atoms with E-state index in [0.717, 1.165) is 40.0 Å². The highest BCUT2D eigenvalue weighted by Gasteiger charge is 2.43. The van der Waals surface area contributed by atoms with Crippen LogP contribution < -0.4 is 5.32 Å². The lowest BCUT2D eigenvalue weighted by Crippen LogP contribution is -2.26. The van der Waals surface area contributed by atoms with Crippen LogP contribution in [0.1, 0.15) is 29.3 Å². The quantitative estimate of drug-likeness (QED) is 0.534. The van der Waals surface area contributed by atoms with Crippen LogP contribution in [-0.2, 0) is 11.2 Å². The summed E-state index contributed by atoms with van der Waals surface area (Å²) in [6, 6.07) is 12.2. The van der Waals surface area contributed by atoms with Crippen LogP contribution in [0.25, 0.3) is 11.3 Å². The Morgan fingerprint density at radius 2 is 1.96 bits per heavy atom. The van der Waals surface area contributed by atoms with Gasteiger partial charge in [0.1, 0.15) is 0 Å². The molecule has 1 saturated carbocycles. The molecule has 0 spiro atoms. The number of nitrogens with one attached hydrogen (secondary N) is 1. The third-order valence-electron chi connectivity index (χ3n) is 4.82. The minimum absolute atomic E-state index is 0.129. The molecule has 2 unspecified atom stereocenters. The molecule has 138 valence electrons. The molecule has 1 fully saturated rings. The lowest BCUT2D eigenvalue weighted by molar-refractivity contribution is -0.122. The van der Waals surface area contributed by atoms with Gasteiger partial charge in [0.05, 0.1) is 10.7 Å². The van der Waals surface area contributed by atoms with Gasteiger partial charge in [0, 0.05) is 46.7 Å². The maximum absolute atomic E-state index is 12.3. The van der Waals surface area contributed by atoms with Crippen LogP contribution in [0, 0.1) is 5.92 Å². The Labute approximate surface area is 171 Å². The van der Waals surface area contributed by atoms with Gasteiger partial charge in [0.2, 0.25) is 5.91 Å². The number of nitrogens with zero attached hydrogens (tertiary/aromatic N) is 2. The number of carbonyl (C=O) groups is 1. The molecule has 3 aromatic rings. The number of hydrogen-bond acceptors (Lipinski definition) is 4. The van der Waals surface area contributed by atoms with E-state index in [4.69, 9.17) is 0 Å². The van der Waals surface area contributed by atoms with Crippen molar-refractivity contribution in [2.24, 2.45) is 5.92 Å². The van der Waals surface area contributed by atoms with E-state index in [-0.39, 0.29) is 11.8 Å². The summed E-state index contributed by atoms with van der Waals surface area (Å²) in [6.07, 6.45) is 6.31. The lowest BCUT2D eigenvalue weighted by atomic mass is 10.1. The van der Waals surface area contributed by atoms with Crippen LogP contribution in [0.4, 0.5) is 0 Å². The summed E-state index contributed by atoms with van der Waals surface area (Å²) < 4.78 is 1.07. The van der Waals surface area contributed by atoms with Crippen molar-refractivity contribution in [2.75, 3.05) is 6.54 Å². The molecular formula is C21H20BrN3OS. The number of carbonyl (C=O) groups excluding carboxylic acids is 1. The van der Waals surface area contributed by atoms with Crippen molar-refractivity contribution >= 4 is 33.2 Å². The predicted molar refractivity (Wildman–Crippen MR) is 112 cm³/mol. The van der Waals surface area contributed by atoms with Gasteiger partial charge < -0.3 is 5.32 Å². The summed E-state index contributed by atoms with van der Waals surface area (Å²) in [5, 5.41) is 6.27. The third-order valence-corrected chi connectivity index (χ3v) is 6.26. The molecule has 0 bridgehead atoms. The number of amides is 1. The topological polar surface area (TPSA) is 54.9 Å². The van der Waals surface area contributed by atoms with Crippen LogP contribution >= 0.6 is 27.3 Å². The molecule has 2 aromatic heterocycles. The molecule has 0 radical (unpaired) electrons. The van der Waals surface area contributed by atoms with Gasteiger partial charge in [0.25, 0.3) is 0 Å². The number of aromatic nitrogens is 2. The van der Waals surface area contributed by atoms with Gasteiger partial charge in [-0.2, -0.15) is 0 Å². The number of benzene rings is 1. The highest BCUT2D eigenvalue weighted by molar-refractivity contribution is 9.10. The molecule has 0 saturated heterocycles. The van der Waals surface area contributed by atoms with Gasteiger partial charge in [-0.15, -0.1) is 11.3 Å². The molecule has 27 heavy (non-hydrogen) atoms. The number of hydrogen-bond donors (Lipinski definition) is 1. The largest absolute Gasteiger partial charge is 0.356 e. The highest BCUT2D eigenvalue weighted by Crippen LogP contribution is 2.47. The van der Waals surface area contributed by atoms with Crippen LogP contribution in [0.3, 0.4) is 0 Å². The summed E-state index contributed by atoms with van der Waals surface area (Å²) in [5.41, 5.74) is 3.34. The Bertz CT molecular complexity index is 911. The average molecular weight is 442 g/mol. The summed E-state index contributed by atoms with van der Waals surface area (Å²) >= 11 is 5.12. The lowest BCUT2D eigenvalue weighted by Gasteiger charge is -2.04. The first kappa shape index (κ1) is 18.3. The first-order chi connectivity index (χ1) is 13.2. The molecule has 4 rings (SSSR count). The fraction of sp³-hybridized carbons (Fsp3) is 0.286. The highest BCUT2D eigenvalue weighted by atomic mass is 79.9. The summed E-state index contributed by atoms with van der Waals surface area (Å²) in [4.78, 5) is 21.0. The van der Waals surface area contributed by atoms with Crippen LogP contribution in [0.5, 0.6) is 0 Å². The van der Waals surface area contributed by atoms with Crippen molar-refractivity contribution in [1.82, 2.24) is 15.3 Å². The number of halogens is 1. The molecule has 1 N–H and O–H groups in total. The van der Waals surface area contributed by atoms with E-state index in [0.29, 0.717) is 12.5 Å². The van der Waals surface area contributed by atoms with Crippen molar-refractivity contribution in [1.29, 1.82) is 0 Å². The molecule has 2 heterocycles. The first-order valence-electron chi connectivity index (χ1n) is 9.08. The molecule has 1 amide bonds. The first-order valence-corrected chi connectivity index (χ1v) is 10.8. The van der Waals surface area contributed by atoms with Gasteiger partial charge >= 0.3 is 0 Å². The van der Waals surface area contributed by atoms with Crippen molar-refractivity contribution in [2.45, 2.75) is 25.2 Å². The van der Waals surface area contributed by atoms with Crippen LogP contribution in [0.15, 0.2) is 58.6 Å². The maximum atomic E-state index is 12.3. The molecular weight excluding hydrogens is 422 g/mol. The van der Waals surface area contributed by atoms with Gasteiger partial charge in [-0.25, -0.2) is 4.98 Å². The van der Waals surface area contributed by atoms with Crippen molar-refractivity contribution in [3.8, 4) is 11.3 Å². The van der Waals surface area contributed by atoms with E-state index in [1.165, 1.54) is 5.56 Å². The molecule has 1 aliphatic rings. The van der Waals surface area contributed by atoms with E-state index < -0.39 is 0 Å². The van der Waals surface area contributed by atoms with Gasteiger partial charge in [-0.3, -0.25) is 9.78 Å². The second-order valence-corrected chi connectivity index (χ2v) is 8.62. The monoisotopic (exact) mass is 441 g/mol. The minimum atomic E-state index is 0.129. The standard InChI is InChI=1S/C21H20BrN3OS/c22-16-5-3-14(4-6-16)17-12-18(17)21(26)24-9-1-2-20-25-19(13-27-20)15-7-10-23-11-8-15/h3-8,10-11,13,17-18H,1-2,9,12H2,(H,24,26). The summed E-state index contributed by atoms with van der Waals surface area (Å²) in [6.45, 7) is 0.701. The van der Waals surface area contributed by atoms with E-state index in [1.54, 1.807) is 23.7 Å². The Hall–Kier alpha value is -2.05. The summed E-state index contributed by atoms with van der Waals surface area (Å²) in [7, 11) is 0. The average Bonchev–Trinajstić information content (AvgIpc) is 3.36. The van der Waals surface area contributed by atoms with Gasteiger partial charge in [0.15, 0.2) is 0 Å². The minimum Gasteiger partial charge on any atom is -0.356 e. The van der Waals surface area contributed by atoms with E-state index in [2.05, 4.69) is 48.7 Å². The van der Waals surface area contributed by atoms with E-state index in [9.17, 15) is 4.79 Å². The zero-order valence-electron chi connectivity index (χ0n) is 14.8. The second kappa shape index (κ2) is 8.31. The van der Waals surface area contributed by atoms with E-state index in [1.807, 2.05) is 24.3 Å². The third kappa shape index (κ3) is 4.62. The maximum Gasteiger partial charge on any atom is 0.223 e. The fourth-order valence-corrected chi connectivity index (χ4v) is 4.34. The second-order valence-electron chi connectivity index (χ2n) is 6.76. The molecule has 1 aromatic carbocycles. The van der Waals surface area contributed by atoms with E-state index >= 15 is 0 Å². The van der Waals surface area contributed by atoms with Gasteiger partial charge in [-0.1, -0.05) is 28.1 Å². The Kier molecular flexibility index (Phi) is 5.64. The zero-order chi connectivity index (χ0) is 18.6. The number of aryl methyl sites for hydroxylation is 1. The van der Waals surface area contributed by atoms with Crippen LogP contribution in [-0.4, -0.2) is 22.4 Å². The Balaban J connectivity index is 1.20.